The Morgan fingerprint density at radius 2 is 2.14 bits per heavy atom. The Kier molecular flexibility index (Phi) is 3.76. The first-order valence-corrected chi connectivity index (χ1v) is 5.59. The van der Waals surface area contributed by atoms with Gasteiger partial charge in [-0.2, -0.15) is 0 Å². The van der Waals surface area contributed by atoms with Crippen molar-refractivity contribution in [1.29, 1.82) is 0 Å². The summed E-state index contributed by atoms with van der Waals surface area (Å²) in [5, 5.41) is 0. The van der Waals surface area contributed by atoms with Crippen LogP contribution in [-0.2, 0) is 0 Å². The first-order chi connectivity index (χ1) is 6.57. The van der Waals surface area contributed by atoms with Gasteiger partial charge in [-0.25, -0.2) is 0 Å². The third-order valence-electron chi connectivity index (χ3n) is 2.31. The van der Waals surface area contributed by atoms with Crippen LogP contribution in [0.5, 0.6) is 0 Å². The van der Waals surface area contributed by atoms with E-state index < -0.39 is 0 Å². The fraction of sp³-hybridized carbons (Fsp3) is 0.333. The van der Waals surface area contributed by atoms with Crippen LogP contribution in [0.3, 0.4) is 0 Å². The van der Waals surface area contributed by atoms with E-state index in [-0.39, 0.29) is 0 Å². The second-order valence-electron chi connectivity index (χ2n) is 3.45. The minimum Gasteiger partial charge on any atom is -0.397 e. The molecule has 2 N–H and O–H groups in total. The summed E-state index contributed by atoms with van der Waals surface area (Å²) in [6, 6.07) is 4.08. The largest absolute Gasteiger partial charge is 0.397 e. The predicted molar refractivity (Wildman–Crippen MR) is 67.2 cm³/mol. The highest BCUT2D eigenvalue weighted by Gasteiger charge is 2.07. The monoisotopic (exact) mass is 253 g/mol. The zero-order valence-electron chi connectivity index (χ0n) is 8.89. The highest BCUT2D eigenvalue weighted by atomic mass is 79.9. The molecule has 0 aliphatic rings. The number of nitrogen functional groups attached to an aromatic ring is 1. The zero-order chi connectivity index (χ0) is 10.7. The average molecular weight is 254 g/mol. The number of anilines is 1. The molecule has 0 bridgehead atoms. The van der Waals surface area contributed by atoms with Crippen LogP contribution in [-0.4, -0.2) is 0 Å². The molecule has 1 aromatic rings. The molecule has 0 aromatic heterocycles. The van der Waals surface area contributed by atoms with Gasteiger partial charge in [-0.1, -0.05) is 19.1 Å². The van der Waals surface area contributed by atoms with E-state index in [1.807, 2.05) is 6.07 Å². The van der Waals surface area contributed by atoms with Gasteiger partial charge in [0.15, 0.2) is 0 Å². The van der Waals surface area contributed by atoms with Gasteiger partial charge in [0.05, 0.1) is 5.69 Å². The Labute approximate surface area is 94.1 Å². The van der Waals surface area contributed by atoms with Crippen LogP contribution in [0, 0.1) is 6.92 Å². The van der Waals surface area contributed by atoms with Crippen molar-refractivity contribution in [3.8, 4) is 0 Å². The van der Waals surface area contributed by atoms with Gasteiger partial charge in [0, 0.05) is 10.0 Å². The lowest BCUT2D eigenvalue weighted by atomic mass is 9.99. The summed E-state index contributed by atoms with van der Waals surface area (Å²) in [5.41, 5.74) is 10.5. The highest BCUT2D eigenvalue weighted by molar-refractivity contribution is 9.10. The van der Waals surface area contributed by atoms with Gasteiger partial charge in [-0.3, -0.25) is 0 Å². The summed E-state index contributed by atoms with van der Waals surface area (Å²) in [5.74, 6) is 0. The molecular weight excluding hydrogens is 238 g/mol. The fourth-order valence-electron chi connectivity index (χ4n) is 1.63. The lowest BCUT2D eigenvalue weighted by Crippen LogP contribution is -1.96. The van der Waals surface area contributed by atoms with Crippen LogP contribution in [0.25, 0.3) is 5.57 Å². The van der Waals surface area contributed by atoms with E-state index >= 15 is 0 Å². The highest BCUT2D eigenvalue weighted by Crippen LogP contribution is 2.31. The van der Waals surface area contributed by atoms with Crippen molar-refractivity contribution in [1.82, 2.24) is 0 Å². The second-order valence-corrected chi connectivity index (χ2v) is 4.30. The van der Waals surface area contributed by atoms with E-state index in [1.165, 1.54) is 16.7 Å². The molecule has 0 spiro atoms. The number of rotatable bonds is 2. The topological polar surface area (TPSA) is 26.0 Å². The Hall–Kier alpha value is -0.760. The molecule has 0 fully saturated rings. The van der Waals surface area contributed by atoms with Gasteiger partial charge in [-0.05, 0) is 53.4 Å². The Morgan fingerprint density at radius 1 is 1.50 bits per heavy atom. The van der Waals surface area contributed by atoms with E-state index in [2.05, 4.69) is 48.8 Å². The molecule has 0 amide bonds. The molecule has 0 heterocycles. The molecule has 0 radical (unpaired) electrons. The van der Waals surface area contributed by atoms with Gasteiger partial charge in [0.25, 0.3) is 0 Å². The van der Waals surface area contributed by atoms with Crippen LogP contribution in [0.2, 0.25) is 0 Å². The number of hydrogen-bond acceptors (Lipinski definition) is 1. The van der Waals surface area contributed by atoms with E-state index in [4.69, 9.17) is 5.73 Å². The summed E-state index contributed by atoms with van der Waals surface area (Å²) >= 11 is 3.45. The van der Waals surface area contributed by atoms with Gasteiger partial charge in [0.1, 0.15) is 0 Å². The van der Waals surface area contributed by atoms with Crippen molar-refractivity contribution in [3.63, 3.8) is 0 Å². The molecule has 0 atom stereocenters. The maximum absolute atomic E-state index is 6.03. The van der Waals surface area contributed by atoms with Crippen LogP contribution in [0.15, 0.2) is 22.7 Å². The molecule has 0 aliphatic heterocycles. The third-order valence-corrected chi connectivity index (χ3v) is 3.00. The first-order valence-electron chi connectivity index (χ1n) is 4.79. The Balaban J connectivity index is 3.32. The maximum Gasteiger partial charge on any atom is 0.0537 e. The lowest BCUT2D eigenvalue weighted by molar-refractivity contribution is 1.22. The lowest BCUT2D eigenvalue weighted by Gasteiger charge is -2.11. The molecule has 0 aliphatic carbocycles. The number of halogens is 1. The minimum atomic E-state index is 0.840. The summed E-state index contributed by atoms with van der Waals surface area (Å²) in [7, 11) is 0. The quantitative estimate of drug-likeness (QED) is 0.788. The van der Waals surface area contributed by atoms with E-state index in [9.17, 15) is 0 Å². The number of nitrogens with two attached hydrogens (primary N) is 1. The molecule has 0 saturated heterocycles. The standard InChI is InChI=1S/C12H16BrN/c1-4-5-8(2)11-9(3)6-7-10(13)12(11)14/h5-7H,4,14H2,1-3H3/b8-5+. The summed E-state index contributed by atoms with van der Waals surface area (Å²) < 4.78 is 0.974. The fourth-order valence-corrected chi connectivity index (χ4v) is 1.97. The van der Waals surface area contributed by atoms with Crippen molar-refractivity contribution in [2.24, 2.45) is 0 Å². The number of benzene rings is 1. The molecule has 2 heteroatoms. The molecule has 1 aromatic carbocycles. The summed E-state index contributed by atoms with van der Waals surface area (Å²) in [6.07, 6.45) is 3.24. The Morgan fingerprint density at radius 3 is 2.71 bits per heavy atom. The first kappa shape index (κ1) is 11.3. The molecule has 1 rings (SSSR count). The smallest absolute Gasteiger partial charge is 0.0537 e. The van der Waals surface area contributed by atoms with Crippen molar-refractivity contribution in [2.75, 3.05) is 5.73 Å². The zero-order valence-corrected chi connectivity index (χ0v) is 10.5. The van der Waals surface area contributed by atoms with E-state index in [1.54, 1.807) is 0 Å². The number of hydrogen-bond donors (Lipinski definition) is 1. The predicted octanol–water partition coefficient (Wildman–Crippen LogP) is 4.15. The molecule has 1 nitrogen and oxygen atoms in total. The Bertz CT molecular complexity index is 367. The minimum absolute atomic E-state index is 0.840. The van der Waals surface area contributed by atoms with Crippen LogP contribution >= 0.6 is 15.9 Å². The van der Waals surface area contributed by atoms with Crippen LogP contribution in [0.4, 0.5) is 5.69 Å². The van der Waals surface area contributed by atoms with Crippen molar-refractivity contribution in [3.05, 3.63) is 33.8 Å². The summed E-state index contributed by atoms with van der Waals surface area (Å²) in [6.45, 7) is 6.33. The maximum atomic E-state index is 6.03. The van der Waals surface area contributed by atoms with Crippen molar-refractivity contribution in [2.45, 2.75) is 27.2 Å². The van der Waals surface area contributed by atoms with E-state index in [0.29, 0.717) is 0 Å². The molecule has 14 heavy (non-hydrogen) atoms. The van der Waals surface area contributed by atoms with Crippen molar-refractivity contribution >= 4 is 27.2 Å². The number of allylic oxidation sites excluding steroid dienone is 2. The van der Waals surface area contributed by atoms with E-state index in [0.717, 1.165) is 16.6 Å². The molecule has 0 saturated carbocycles. The molecule has 0 unspecified atom stereocenters. The van der Waals surface area contributed by atoms with Crippen LogP contribution < -0.4 is 5.73 Å². The summed E-state index contributed by atoms with van der Waals surface area (Å²) in [4.78, 5) is 0. The molecular formula is C12H16BrN. The normalized spacial score (nSPS) is 11.9. The third kappa shape index (κ3) is 2.18. The van der Waals surface area contributed by atoms with Crippen LogP contribution in [0.1, 0.15) is 31.4 Å². The average Bonchev–Trinajstić information content (AvgIpc) is 2.13. The van der Waals surface area contributed by atoms with Gasteiger partial charge < -0.3 is 5.73 Å². The van der Waals surface area contributed by atoms with Crippen molar-refractivity contribution < 1.29 is 0 Å². The van der Waals surface area contributed by atoms with Gasteiger partial charge >= 0.3 is 0 Å². The molecule has 76 valence electrons. The second kappa shape index (κ2) is 4.65. The number of aryl methyl sites for hydroxylation is 1. The van der Waals surface area contributed by atoms with Gasteiger partial charge in [-0.15, -0.1) is 0 Å². The van der Waals surface area contributed by atoms with Gasteiger partial charge in [0.2, 0.25) is 0 Å². The SMILES string of the molecule is CC/C=C(\C)c1c(C)ccc(Br)c1N.